The van der Waals surface area contributed by atoms with E-state index in [2.05, 4.69) is 16.9 Å². The van der Waals surface area contributed by atoms with Crippen molar-refractivity contribution in [1.29, 1.82) is 0 Å². The van der Waals surface area contributed by atoms with Crippen LogP contribution in [0.2, 0.25) is 0 Å². The molecule has 4 nitrogen and oxygen atoms in total. The fourth-order valence-corrected chi connectivity index (χ4v) is 5.29. The van der Waals surface area contributed by atoms with E-state index >= 15 is 0 Å². The van der Waals surface area contributed by atoms with Crippen LogP contribution in [-0.4, -0.2) is 15.9 Å². The molecule has 0 N–H and O–H groups in total. The first-order valence-electron chi connectivity index (χ1n) is 14.8. The molecule has 0 saturated heterocycles. The molecule has 0 aliphatic heterocycles. The number of aromatic nitrogens is 2. The Morgan fingerprint density at radius 3 is 2.22 bits per heavy atom. The quantitative estimate of drug-likeness (QED) is 0.125. The summed E-state index contributed by atoms with van der Waals surface area (Å²) >= 11 is 0. The average Bonchev–Trinajstić information content (AvgIpc) is 3.42. The Morgan fingerprint density at radius 1 is 0.889 bits per heavy atom. The molecule has 4 heteroatoms. The van der Waals surface area contributed by atoms with E-state index in [-0.39, 0.29) is 11.9 Å². The van der Waals surface area contributed by atoms with Crippen LogP contribution in [0.5, 0.6) is 5.75 Å². The maximum Gasteiger partial charge on any atom is 0.314 e. The molecule has 198 valence electrons. The van der Waals surface area contributed by atoms with Crippen molar-refractivity contribution >= 4 is 5.97 Å². The Bertz CT molecular complexity index is 857. The SMILES string of the molecule is CCCCCC[C@H](C)C(=O)Oc1ccc(-c2ncc(CCCCCCCCC3CCCC3)cn2)cc1. The summed E-state index contributed by atoms with van der Waals surface area (Å²) in [5.74, 6) is 2.12. The molecule has 1 fully saturated rings. The van der Waals surface area contributed by atoms with Gasteiger partial charge in [0.1, 0.15) is 5.75 Å². The number of hydrogen-bond donors (Lipinski definition) is 0. The van der Waals surface area contributed by atoms with Gasteiger partial charge in [0.15, 0.2) is 5.82 Å². The molecule has 0 radical (unpaired) electrons. The summed E-state index contributed by atoms with van der Waals surface area (Å²) in [5, 5.41) is 0. The monoisotopic (exact) mass is 492 g/mol. The summed E-state index contributed by atoms with van der Waals surface area (Å²) in [6, 6.07) is 7.52. The zero-order valence-corrected chi connectivity index (χ0v) is 22.9. The molecule has 1 saturated carbocycles. The molecular weight excluding hydrogens is 444 g/mol. The van der Waals surface area contributed by atoms with Gasteiger partial charge in [0.2, 0.25) is 0 Å². The molecule has 1 aromatic heterocycles. The van der Waals surface area contributed by atoms with Crippen LogP contribution < -0.4 is 4.74 Å². The molecule has 0 spiro atoms. The molecule has 1 heterocycles. The molecule has 0 amide bonds. The van der Waals surface area contributed by atoms with Gasteiger partial charge >= 0.3 is 5.97 Å². The maximum atomic E-state index is 12.3. The largest absolute Gasteiger partial charge is 0.426 e. The van der Waals surface area contributed by atoms with Gasteiger partial charge in [0.25, 0.3) is 0 Å². The first-order valence-corrected chi connectivity index (χ1v) is 14.8. The van der Waals surface area contributed by atoms with Crippen LogP contribution in [0, 0.1) is 11.8 Å². The lowest BCUT2D eigenvalue weighted by Crippen LogP contribution is -2.17. The van der Waals surface area contributed by atoms with Gasteiger partial charge in [-0.25, -0.2) is 9.97 Å². The second-order valence-corrected chi connectivity index (χ2v) is 10.9. The van der Waals surface area contributed by atoms with Crippen LogP contribution in [0.1, 0.15) is 122 Å². The van der Waals surface area contributed by atoms with Crippen LogP contribution in [0.25, 0.3) is 11.4 Å². The standard InChI is InChI=1S/C32H48N2O2/c1-3-4-5-10-15-26(2)32(35)36-30-22-20-29(21-23-30)31-33-24-28(25-34-31)19-12-9-7-6-8-11-16-27-17-13-14-18-27/h20-27H,3-19H2,1-2H3/t26-/m0/s1. The van der Waals surface area contributed by atoms with E-state index in [1.165, 1.54) is 95.5 Å². The van der Waals surface area contributed by atoms with E-state index in [0.717, 1.165) is 30.7 Å². The molecule has 0 unspecified atom stereocenters. The highest BCUT2D eigenvalue weighted by molar-refractivity contribution is 5.75. The van der Waals surface area contributed by atoms with Gasteiger partial charge in [-0.3, -0.25) is 4.79 Å². The van der Waals surface area contributed by atoms with Crippen LogP contribution in [0.3, 0.4) is 0 Å². The Kier molecular flexibility index (Phi) is 13.0. The highest BCUT2D eigenvalue weighted by atomic mass is 16.5. The normalized spacial score (nSPS) is 14.7. The Morgan fingerprint density at radius 2 is 1.53 bits per heavy atom. The third kappa shape index (κ3) is 10.4. The van der Waals surface area contributed by atoms with Crippen LogP contribution >= 0.6 is 0 Å². The number of aryl methyl sites for hydroxylation is 1. The molecular formula is C32H48N2O2. The number of hydrogen-bond acceptors (Lipinski definition) is 4. The zero-order valence-electron chi connectivity index (χ0n) is 22.9. The van der Waals surface area contributed by atoms with Crippen LogP contribution in [-0.2, 0) is 11.2 Å². The van der Waals surface area contributed by atoms with Crippen LogP contribution in [0.15, 0.2) is 36.7 Å². The number of benzene rings is 1. The third-order valence-corrected chi connectivity index (χ3v) is 7.73. The minimum Gasteiger partial charge on any atom is -0.426 e. The minimum absolute atomic E-state index is 0.0704. The maximum absolute atomic E-state index is 12.3. The number of unbranched alkanes of at least 4 members (excludes halogenated alkanes) is 8. The average molecular weight is 493 g/mol. The lowest BCUT2D eigenvalue weighted by molar-refractivity contribution is -0.138. The number of nitrogens with zero attached hydrogens (tertiary/aromatic N) is 2. The van der Waals surface area contributed by atoms with Gasteiger partial charge < -0.3 is 4.74 Å². The topological polar surface area (TPSA) is 52.1 Å². The van der Waals surface area contributed by atoms with E-state index in [9.17, 15) is 4.79 Å². The van der Waals surface area contributed by atoms with Gasteiger partial charge in [-0.05, 0) is 55.0 Å². The second kappa shape index (κ2) is 16.5. The second-order valence-electron chi connectivity index (χ2n) is 10.9. The van der Waals surface area contributed by atoms with Crippen molar-refractivity contribution in [3.63, 3.8) is 0 Å². The van der Waals surface area contributed by atoms with Crippen molar-refractivity contribution < 1.29 is 9.53 Å². The molecule has 1 atom stereocenters. The molecule has 36 heavy (non-hydrogen) atoms. The summed E-state index contributed by atoms with van der Waals surface area (Å²) in [6.45, 7) is 4.15. The van der Waals surface area contributed by atoms with Crippen molar-refractivity contribution in [3.05, 3.63) is 42.2 Å². The smallest absolute Gasteiger partial charge is 0.314 e. The van der Waals surface area contributed by atoms with Crippen molar-refractivity contribution in [2.24, 2.45) is 11.8 Å². The van der Waals surface area contributed by atoms with Gasteiger partial charge in [0.05, 0.1) is 5.92 Å². The highest BCUT2D eigenvalue weighted by Gasteiger charge is 2.15. The van der Waals surface area contributed by atoms with E-state index in [0.29, 0.717) is 11.6 Å². The van der Waals surface area contributed by atoms with Crippen molar-refractivity contribution in [2.45, 2.75) is 123 Å². The first-order chi connectivity index (χ1) is 17.7. The number of rotatable bonds is 17. The summed E-state index contributed by atoms with van der Waals surface area (Å²) in [7, 11) is 0. The Labute approximate surface area is 219 Å². The predicted octanol–water partition coefficient (Wildman–Crippen LogP) is 9.12. The van der Waals surface area contributed by atoms with Gasteiger partial charge in [-0.1, -0.05) is 104 Å². The zero-order chi connectivity index (χ0) is 25.4. The van der Waals surface area contributed by atoms with E-state index < -0.39 is 0 Å². The lowest BCUT2D eigenvalue weighted by atomic mass is 9.99. The van der Waals surface area contributed by atoms with Gasteiger partial charge in [-0.2, -0.15) is 0 Å². The summed E-state index contributed by atoms with van der Waals surface area (Å²) < 4.78 is 5.57. The number of carbonyl (C=O) groups is 1. The predicted molar refractivity (Wildman–Crippen MR) is 149 cm³/mol. The molecule has 1 aliphatic carbocycles. The van der Waals surface area contributed by atoms with Gasteiger partial charge in [-0.15, -0.1) is 0 Å². The molecule has 2 aromatic rings. The van der Waals surface area contributed by atoms with Gasteiger partial charge in [0, 0.05) is 18.0 Å². The molecule has 0 bridgehead atoms. The van der Waals surface area contributed by atoms with Crippen molar-refractivity contribution in [3.8, 4) is 17.1 Å². The highest BCUT2D eigenvalue weighted by Crippen LogP contribution is 2.29. The number of ether oxygens (including phenoxy) is 1. The first kappa shape index (κ1) is 28.3. The Balaban J connectivity index is 1.31. The fourth-order valence-electron chi connectivity index (χ4n) is 5.29. The fraction of sp³-hybridized carbons (Fsp3) is 0.656. The van der Waals surface area contributed by atoms with E-state index in [1.807, 2.05) is 43.6 Å². The molecule has 1 aromatic carbocycles. The van der Waals surface area contributed by atoms with E-state index in [1.54, 1.807) is 0 Å². The Hall–Kier alpha value is -2.23. The van der Waals surface area contributed by atoms with Crippen molar-refractivity contribution in [1.82, 2.24) is 9.97 Å². The summed E-state index contributed by atoms with van der Waals surface area (Å²) in [5.41, 5.74) is 2.14. The number of carbonyl (C=O) groups excluding carboxylic acids is 1. The third-order valence-electron chi connectivity index (χ3n) is 7.73. The van der Waals surface area contributed by atoms with Crippen LogP contribution in [0.4, 0.5) is 0 Å². The number of esters is 1. The lowest BCUT2D eigenvalue weighted by Gasteiger charge is -2.11. The summed E-state index contributed by atoms with van der Waals surface area (Å²) in [4.78, 5) is 21.5. The summed E-state index contributed by atoms with van der Waals surface area (Å²) in [6.07, 6.45) is 26.0. The molecule has 3 rings (SSSR count). The van der Waals surface area contributed by atoms with Crippen molar-refractivity contribution in [2.75, 3.05) is 0 Å². The molecule has 1 aliphatic rings. The minimum atomic E-state index is -0.149. The van der Waals surface area contributed by atoms with E-state index in [4.69, 9.17) is 4.74 Å².